The lowest BCUT2D eigenvalue weighted by Gasteiger charge is -2.20. The third-order valence-electron chi connectivity index (χ3n) is 2.94. The minimum atomic E-state index is -2.49. The van der Waals surface area contributed by atoms with Gasteiger partial charge in [-0.15, -0.1) is 0 Å². The normalized spacial score (nSPS) is 12.0. The van der Waals surface area contributed by atoms with Crippen LogP contribution in [0.5, 0.6) is 0 Å². The number of halogens is 4. The predicted octanol–water partition coefficient (Wildman–Crippen LogP) is 5.79. The van der Waals surface area contributed by atoms with Crippen molar-refractivity contribution < 1.29 is 8.78 Å². The van der Waals surface area contributed by atoms with Crippen LogP contribution in [0, 0.1) is 0 Å². The molecule has 112 valence electrons. The van der Waals surface area contributed by atoms with E-state index in [1.807, 2.05) is 20.8 Å². The predicted molar refractivity (Wildman–Crippen MR) is 83.8 cm³/mol. The van der Waals surface area contributed by atoms with Crippen LogP contribution in [0.2, 0.25) is 5.15 Å². The summed E-state index contributed by atoms with van der Waals surface area (Å²) >= 11 is 9.54. The van der Waals surface area contributed by atoms with E-state index in [1.165, 1.54) is 12.1 Å². The molecule has 2 aromatic rings. The van der Waals surface area contributed by atoms with E-state index in [-0.39, 0.29) is 11.0 Å². The second-order valence-electron chi connectivity index (χ2n) is 5.67. The zero-order valence-corrected chi connectivity index (χ0v) is 14.1. The highest BCUT2D eigenvalue weighted by molar-refractivity contribution is 9.10. The Kier molecular flexibility index (Phi) is 4.63. The van der Waals surface area contributed by atoms with Crippen LogP contribution in [-0.4, -0.2) is 9.97 Å². The van der Waals surface area contributed by atoms with Gasteiger partial charge in [0.05, 0.1) is 10.2 Å². The van der Waals surface area contributed by atoms with Crippen molar-refractivity contribution in [3.05, 3.63) is 45.1 Å². The van der Waals surface area contributed by atoms with Crippen molar-refractivity contribution >= 4 is 27.5 Å². The molecule has 0 N–H and O–H groups in total. The van der Waals surface area contributed by atoms with E-state index >= 15 is 0 Å². The molecule has 0 aliphatic heterocycles. The van der Waals surface area contributed by atoms with Gasteiger partial charge in [0.25, 0.3) is 6.43 Å². The number of benzene rings is 1. The summed E-state index contributed by atoms with van der Waals surface area (Å²) in [5, 5.41) is 0.308. The van der Waals surface area contributed by atoms with Gasteiger partial charge in [-0.25, -0.2) is 18.7 Å². The van der Waals surface area contributed by atoms with Crippen LogP contribution in [0.1, 0.15) is 38.5 Å². The third-order valence-corrected chi connectivity index (χ3v) is 4.19. The number of aromatic nitrogens is 2. The molecule has 0 bridgehead atoms. The molecule has 0 radical (unpaired) electrons. The Hall–Kier alpha value is -1.07. The summed E-state index contributed by atoms with van der Waals surface area (Å²) in [6.07, 6.45) is -2.49. The van der Waals surface area contributed by atoms with Crippen molar-refractivity contribution in [2.24, 2.45) is 0 Å². The van der Waals surface area contributed by atoms with E-state index in [4.69, 9.17) is 11.6 Å². The first-order chi connectivity index (χ1) is 9.70. The fourth-order valence-electron chi connectivity index (χ4n) is 1.82. The second kappa shape index (κ2) is 5.97. The second-order valence-corrected chi connectivity index (χ2v) is 6.82. The molecule has 0 aliphatic carbocycles. The van der Waals surface area contributed by atoms with Gasteiger partial charge in [0.2, 0.25) is 0 Å². The summed E-state index contributed by atoms with van der Waals surface area (Å²) in [4.78, 5) is 8.73. The average Bonchev–Trinajstić information content (AvgIpc) is 2.40. The molecule has 0 unspecified atom stereocenters. The van der Waals surface area contributed by atoms with E-state index in [1.54, 1.807) is 12.1 Å². The summed E-state index contributed by atoms with van der Waals surface area (Å²) in [7, 11) is 0. The lowest BCUT2D eigenvalue weighted by molar-refractivity contribution is 0.151. The van der Waals surface area contributed by atoms with Crippen molar-refractivity contribution in [3.63, 3.8) is 0 Å². The Balaban J connectivity index is 2.52. The van der Waals surface area contributed by atoms with Crippen LogP contribution in [0.4, 0.5) is 8.78 Å². The zero-order valence-electron chi connectivity index (χ0n) is 11.8. The van der Waals surface area contributed by atoms with E-state index in [9.17, 15) is 8.78 Å². The summed E-state index contributed by atoms with van der Waals surface area (Å²) in [6, 6.07) is 5.90. The number of nitrogens with zero attached hydrogens (tertiary/aromatic N) is 2. The molecule has 21 heavy (non-hydrogen) atoms. The van der Waals surface area contributed by atoms with Crippen LogP contribution in [0.25, 0.3) is 11.4 Å². The minimum Gasteiger partial charge on any atom is -0.231 e. The first-order valence-electron chi connectivity index (χ1n) is 6.32. The van der Waals surface area contributed by atoms with Gasteiger partial charge in [-0.05, 0) is 15.9 Å². The highest BCUT2D eigenvalue weighted by Gasteiger charge is 2.23. The maximum atomic E-state index is 12.6. The van der Waals surface area contributed by atoms with Gasteiger partial charge < -0.3 is 0 Å². The van der Waals surface area contributed by atoms with Gasteiger partial charge in [-0.2, -0.15) is 0 Å². The molecular formula is C15H14BrClF2N2. The topological polar surface area (TPSA) is 25.8 Å². The van der Waals surface area contributed by atoms with Gasteiger partial charge in [0.15, 0.2) is 5.82 Å². The molecule has 0 fully saturated rings. The summed E-state index contributed by atoms with van der Waals surface area (Å²) in [5.41, 5.74) is 1.18. The zero-order chi connectivity index (χ0) is 15.8. The quantitative estimate of drug-likeness (QED) is 0.620. The van der Waals surface area contributed by atoms with Crippen LogP contribution >= 0.6 is 27.5 Å². The highest BCUT2D eigenvalue weighted by Crippen LogP contribution is 2.34. The minimum absolute atomic E-state index is 0.0296. The molecule has 2 rings (SSSR count). The Morgan fingerprint density at radius 2 is 1.67 bits per heavy atom. The monoisotopic (exact) mass is 374 g/mol. The molecule has 2 nitrogen and oxygen atoms in total. The molecular weight excluding hydrogens is 362 g/mol. The molecule has 1 heterocycles. The van der Waals surface area contributed by atoms with Crippen molar-refractivity contribution in [1.82, 2.24) is 9.97 Å². The average molecular weight is 376 g/mol. The molecule has 1 aromatic heterocycles. The Bertz CT molecular complexity index is 652. The molecule has 0 atom stereocenters. The molecule has 0 amide bonds. The fraction of sp³-hybridized carbons (Fsp3) is 0.333. The number of hydrogen-bond acceptors (Lipinski definition) is 2. The smallest absolute Gasteiger partial charge is 0.231 e. The standard InChI is InChI=1S/C15H14BrClF2N2/c1-15(2,3)11-10(16)12(17)21-14(20-11)9-6-4-8(5-7-9)13(18)19/h4-7,13H,1-3H3. The summed E-state index contributed by atoms with van der Waals surface area (Å²) in [5.74, 6) is 0.425. The lowest BCUT2D eigenvalue weighted by atomic mass is 9.92. The molecule has 0 aliphatic rings. The SMILES string of the molecule is CC(C)(C)c1nc(-c2ccc(C(F)F)cc2)nc(Cl)c1Br. The lowest BCUT2D eigenvalue weighted by Crippen LogP contribution is -2.16. The summed E-state index contributed by atoms with van der Waals surface area (Å²) < 4.78 is 25.8. The molecule has 6 heteroatoms. The third kappa shape index (κ3) is 3.58. The van der Waals surface area contributed by atoms with Crippen LogP contribution in [0.15, 0.2) is 28.7 Å². The van der Waals surface area contributed by atoms with Gasteiger partial charge in [-0.1, -0.05) is 56.6 Å². The number of alkyl halides is 2. The largest absolute Gasteiger partial charge is 0.263 e. The maximum absolute atomic E-state index is 12.6. The highest BCUT2D eigenvalue weighted by atomic mass is 79.9. The number of rotatable bonds is 2. The van der Waals surface area contributed by atoms with Crippen LogP contribution < -0.4 is 0 Å². The van der Waals surface area contributed by atoms with Crippen LogP contribution in [0.3, 0.4) is 0 Å². The van der Waals surface area contributed by atoms with Gasteiger partial charge >= 0.3 is 0 Å². The van der Waals surface area contributed by atoms with Crippen LogP contribution in [-0.2, 0) is 5.41 Å². The van der Waals surface area contributed by atoms with E-state index in [0.29, 0.717) is 21.0 Å². The Morgan fingerprint density at radius 1 is 1.10 bits per heavy atom. The maximum Gasteiger partial charge on any atom is 0.263 e. The van der Waals surface area contributed by atoms with Gasteiger partial charge in [-0.3, -0.25) is 0 Å². The molecule has 0 spiro atoms. The van der Waals surface area contributed by atoms with Crippen molar-refractivity contribution in [2.45, 2.75) is 32.6 Å². The fourth-order valence-corrected chi connectivity index (χ4v) is 2.77. The molecule has 1 aromatic carbocycles. The summed E-state index contributed by atoms with van der Waals surface area (Å²) in [6.45, 7) is 6.04. The van der Waals surface area contributed by atoms with E-state index < -0.39 is 6.43 Å². The number of hydrogen-bond donors (Lipinski definition) is 0. The van der Waals surface area contributed by atoms with Crippen molar-refractivity contribution in [1.29, 1.82) is 0 Å². The van der Waals surface area contributed by atoms with Crippen molar-refractivity contribution in [3.8, 4) is 11.4 Å². The van der Waals surface area contributed by atoms with E-state index in [2.05, 4.69) is 25.9 Å². The molecule has 0 saturated heterocycles. The first-order valence-corrected chi connectivity index (χ1v) is 7.49. The van der Waals surface area contributed by atoms with E-state index in [0.717, 1.165) is 5.69 Å². The first kappa shape index (κ1) is 16.3. The Morgan fingerprint density at radius 3 is 2.14 bits per heavy atom. The van der Waals surface area contributed by atoms with Gasteiger partial charge in [0.1, 0.15) is 5.15 Å². The van der Waals surface area contributed by atoms with Gasteiger partial charge in [0, 0.05) is 16.5 Å². The molecule has 0 saturated carbocycles. The van der Waals surface area contributed by atoms with Crippen molar-refractivity contribution in [2.75, 3.05) is 0 Å². The Labute approximate surface area is 135 Å².